The van der Waals surface area contributed by atoms with Crippen molar-refractivity contribution in [3.63, 3.8) is 0 Å². The van der Waals surface area contributed by atoms with Crippen LogP contribution in [0.4, 0.5) is 0 Å². The molecule has 3 aliphatic carbocycles. The summed E-state index contributed by atoms with van der Waals surface area (Å²) in [4.78, 5) is 36.0. The highest BCUT2D eigenvalue weighted by atomic mass is 16.6. The maximum absolute atomic E-state index is 12.4. The number of benzene rings is 3. The molecule has 7 nitrogen and oxygen atoms in total. The van der Waals surface area contributed by atoms with Gasteiger partial charge in [-0.05, 0) is 98.5 Å². The number of phenols is 1. The van der Waals surface area contributed by atoms with Gasteiger partial charge in [0, 0.05) is 41.7 Å². The number of carbonyl (C=O) groups excluding carboxylic acids is 2. The number of carbonyl (C=O) groups is 2. The second-order valence-corrected chi connectivity index (χ2v) is 13.7. The fourth-order valence-electron chi connectivity index (χ4n) is 7.87. The predicted octanol–water partition coefficient (Wildman–Crippen LogP) is 7.47. The van der Waals surface area contributed by atoms with Crippen LogP contribution in [0, 0.1) is 11.3 Å². The summed E-state index contributed by atoms with van der Waals surface area (Å²) in [6.07, 6.45) is 7.40. The van der Waals surface area contributed by atoms with Crippen LogP contribution < -0.4 is 10.4 Å². The molecule has 2 fully saturated rings. The molecule has 8 rings (SSSR count). The number of Topliss-reactive ketones (excluding diaryl/α,β-unsaturated/α-hetero) is 1. The highest BCUT2D eigenvalue weighted by molar-refractivity contribution is 5.89. The third-order valence-electron chi connectivity index (χ3n) is 10.5. The molecule has 46 heavy (non-hydrogen) atoms. The second kappa shape index (κ2) is 11.3. The zero-order valence-electron chi connectivity index (χ0n) is 26.4. The quantitative estimate of drug-likeness (QED) is 0.144. The summed E-state index contributed by atoms with van der Waals surface area (Å²) in [5.74, 6) is 2.03. The van der Waals surface area contributed by atoms with Crippen LogP contribution in [0.5, 0.6) is 11.5 Å². The molecule has 2 saturated carbocycles. The van der Waals surface area contributed by atoms with Crippen molar-refractivity contribution in [2.45, 2.75) is 76.9 Å². The summed E-state index contributed by atoms with van der Waals surface area (Å²) < 4.78 is 16.9. The van der Waals surface area contributed by atoms with Gasteiger partial charge in [0.05, 0.1) is 5.56 Å². The van der Waals surface area contributed by atoms with E-state index in [1.165, 1.54) is 22.8 Å². The molecule has 1 aromatic heterocycles. The van der Waals surface area contributed by atoms with Crippen molar-refractivity contribution in [1.29, 1.82) is 0 Å². The zero-order chi connectivity index (χ0) is 32.2. The Kier molecular flexibility index (Phi) is 7.38. The van der Waals surface area contributed by atoms with Gasteiger partial charge < -0.3 is 19.0 Å². The predicted molar refractivity (Wildman–Crippen MR) is 174 cm³/mol. The average molecular weight is 619 g/mol. The van der Waals surface area contributed by atoms with Gasteiger partial charge in [-0.15, -0.1) is 0 Å². The first-order valence-corrected chi connectivity index (χ1v) is 16.1. The molecule has 236 valence electrons. The monoisotopic (exact) mass is 618 g/mol. The SMILES string of the molecule is CC(C)(OC(=O)c1ccccc1)C1Cc2cc3ccc(=O)oc3cc2O1.CC12CCC3C(=CCc4cc(O)ccc43)C1CCC2=O. The molecule has 0 amide bonds. The zero-order valence-corrected chi connectivity index (χ0v) is 26.4. The van der Waals surface area contributed by atoms with Crippen molar-refractivity contribution in [3.05, 3.63) is 117 Å². The van der Waals surface area contributed by atoms with E-state index in [0.29, 0.717) is 46.7 Å². The van der Waals surface area contributed by atoms with Crippen molar-refractivity contribution in [1.82, 2.24) is 0 Å². The fraction of sp³-hybridized carbons (Fsp3) is 0.359. The molecule has 7 heteroatoms. The van der Waals surface area contributed by atoms with Gasteiger partial charge in [-0.2, -0.15) is 0 Å². The molecule has 0 saturated heterocycles. The van der Waals surface area contributed by atoms with Crippen molar-refractivity contribution < 1.29 is 28.6 Å². The lowest BCUT2D eigenvalue weighted by Crippen LogP contribution is -2.43. The Morgan fingerprint density at radius 2 is 1.78 bits per heavy atom. The number of phenolic OH excluding ortho intramolecular Hbond substituents is 1. The van der Waals surface area contributed by atoms with Gasteiger partial charge in [-0.3, -0.25) is 4.79 Å². The number of aromatic hydroxyl groups is 1. The highest BCUT2D eigenvalue weighted by Gasteiger charge is 2.52. The lowest BCUT2D eigenvalue weighted by atomic mass is 9.60. The number of rotatable bonds is 3. The molecule has 4 aliphatic rings. The van der Waals surface area contributed by atoms with Gasteiger partial charge >= 0.3 is 11.6 Å². The molecule has 4 unspecified atom stereocenters. The van der Waals surface area contributed by atoms with Crippen LogP contribution in [0.2, 0.25) is 0 Å². The molecule has 0 bridgehead atoms. The van der Waals surface area contributed by atoms with E-state index < -0.39 is 11.2 Å². The topological polar surface area (TPSA) is 103 Å². The van der Waals surface area contributed by atoms with Gasteiger partial charge in [0.25, 0.3) is 0 Å². The van der Waals surface area contributed by atoms with Crippen LogP contribution in [0.25, 0.3) is 11.0 Å². The fourth-order valence-corrected chi connectivity index (χ4v) is 7.87. The molecule has 2 heterocycles. The summed E-state index contributed by atoms with van der Waals surface area (Å²) in [7, 11) is 0. The summed E-state index contributed by atoms with van der Waals surface area (Å²) in [6.45, 7) is 5.85. The van der Waals surface area contributed by atoms with E-state index in [-0.39, 0.29) is 17.5 Å². The number of ketones is 1. The number of esters is 1. The van der Waals surface area contributed by atoms with Gasteiger partial charge in [-0.25, -0.2) is 9.59 Å². The van der Waals surface area contributed by atoms with Gasteiger partial charge in [0.2, 0.25) is 0 Å². The van der Waals surface area contributed by atoms with E-state index in [1.54, 1.807) is 42.5 Å². The first-order chi connectivity index (χ1) is 22.0. The highest BCUT2D eigenvalue weighted by Crippen LogP contribution is 2.58. The molecule has 4 aromatic rings. The van der Waals surface area contributed by atoms with Gasteiger partial charge in [0.1, 0.15) is 34.6 Å². The van der Waals surface area contributed by atoms with Crippen molar-refractivity contribution in [3.8, 4) is 11.5 Å². The van der Waals surface area contributed by atoms with E-state index >= 15 is 0 Å². The molecule has 0 radical (unpaired) electrons. The Morgan fingerprint density at radius 1 is 0.978 bits per heavy atom. The van der Waals surface area contributed by atoms with Crippen LogP contribution in [0.1, 0.15) is 79.4 Å². The van der Waals surface area contributed by atoms with Crippen LogP contribution >= 0.6 is 0 Å². The largest absolute Gasteiger partial charge is 0.508 e. The minimum atomic E-state index is -0.820. The van der Waals surface area contributed by atoms with E-state index in [2.05, 4.69) is 19.1 Å². The van der Waals surface area contributed by atoms with Crippen LogP contribution in [-0.4, -0.2) is 28.6 Å². The van der Waals surface area contributed by atoms with E-state index in [4.69, 9.17) is 13.9 Å². The van der Waals surface area contributed by atoms with Crippen LogP contribution in [0.3, 0.4) is 0 Å². The first-order valence-electron chi connectivity index (χ1n) is 16.1. The molecule has 0 spiro atoms. The van der Waals surface area contributed by atoms with Gasteiger partial charge in [0.15, 0.2) is 0 Å². The van der Waals surface area contributed by atoms with E-state index in [9.17, 15) is 19.5 Å². The van der Waals surface area contributed by atoms with Gasteiger partial charge in [-0.1, -0.05) is 42.8 Å². The maximum Gasteiger partial charge on any atom is 0.338 e. The number of ether oxygens (including phenoxy) is 2. The Morgan fingerprint density at radius 3 is 2.59 bits per heavy atom. The van der Waals surface area contributed by atoms with Crippen LogP contribution in [-0.2, 0) is 22.4 Å². The van der Waals surface area contributed by atoms with E-state index in [1.807, 2.05) is 32.0 Å². The second-order valence-electron chi connectivity index (χ2n) is 13.7. The van der Waals surface area contributed by atoms with Crippen molar-refractivity contribution >= 4 is 22.7 Å². The lowest BCUT2D eigenvalue weighted by molar-refractivity contribution is -0.126. The van der Waals surface area contributed by atoms with Crippen molar-refractivity contribution in [2.24, 2.45) is 11.3 Å². The van der Waals surface area contributed by atoms with E-state index in [0.717, 1.165) is 43.1 Å². The smallest absolute Gasteiger partial charge is 0.338 e. The van der Waals surface area contributed by atoms with Crippen LogP contribution in [0.15, 0.2) is 93.7 Å². The molecule has 1 aliphatic heterocycles. The minimum absolute atomic E-state index is 0.100. The number of allylic oxidation sites excluding steroid dienone is 2. The Labute approximate surface area is 267 Å². The molecule has 1 N–H and O–H groups in total. The summed E-state index contributed by atoms with van der Waals surface area (Å²) >= 11 is 0. The summed E-state index contributed by atoms with van der Waals surface area (Å²) in [5.41, 5.74) is 4.80. The Balaban J connectivity index is 0.000000152. The first kappa shape index (κ1) is 30.0. The molecule has 4 atom stereocenters. The van der Waals surface area contributed by atoms with Crippen molar-refractivity contribution in [2.75, 3.05) is 0 Å². The standard InChI is InChI=1S/C21H18O5.C18H20O2/c1-21(2,26-20(23)13-6-4-3-5-7-13)18-11-15-10-14-8-9-19(22)25-16(14)12-17(15)24-18;1-18-9-8-14-13-5-3-12(19)10-11(13)2-4-15(14)16(18)6-7-17(18)20/h3-10,12,18H,11H2,1-2H3;3-5,10,14,16,19H,2,6-9H2,1H3. The minimum Gasteiger partial charge on any atom is -0.508 e. The molecular formula is C39H38O7. The maximum atomic E-state index is 12.4. The Hall–Kier alpha value is -4.65. The number of fused-ring (bicyclic) bond motifs is 7. The summed E-state index contributed by atoms with van der Waals surface area (Å²) in [6, 6.07) is 21.5. The average Bonchev–Trinajstić information content (AvgIpc) is 3.60. The lowest BCUT2D eigenvalue weighted by Gasteiger charge is -2.43. The normalized spacial score (nSPS) is 24.4. The third-order valence-corrected chi connectivity index (χ3v) is 10.5. The third kappa shape index (κ3) is 5.31. The molecule has 3 aromatic carbocycles. The Bertz CT molecular complexity index is 1940. The number of hydrogen-bond acceptors (Lipinski definition) is 7. The molecular weight excluding hydrogens is 580 g/mol. The summed E-state index contributed by atoms with van der Waals surface area (Å²) in [5, 5.41) is 10.5. The number of hydrogen-bond donors (Lipinski definition) is 1.